The van der Waals surface area contributed by atoms with Crippen molar-refractivity contribution in [2.45, 2.75) is 0 Å². The van der Waals surface area contributed by atoms with Crippen LogP contribution in [-0.2, 0) is 4.99 Å². The predicted octanol–water partition coefficient (Wildman–Crippen LogP) is -0.622. The monoisotopic (exact) mass is 76.0 g/mol. The van der Waals surface area contributed by atoms with E-state index in [0.29, 0.717) is 0 Å². The third-order valence-electron chi connectivity index (χ3n) is 0.108. The summed E-state index contributed by atoms with van der Waals surface area (Å²) in [4.78, 5) is 3.14. The lowest BCUT2D eigenvalue weighted by Gasteiger charge is -1.71. The minimum absolute atomic E-state index is 0.833. The molecule has 0 aliphatic carbocycles. The van der Waals surface area contributed by atoms with Gasteiger partial charge in [0.15, 0.2) is 0 Å². The van der Waals surface area contributed by atoms with Crippen LogP contribution in [0.25, 0.3) is 0 Å². The summed E-state index contributed by atoms with van der Waals surface area (Å²) in [6.07, 6.45) is 0.833. The normalized spacial score (nSPS) is 9.00. The van der Waals surface area contributed by atoms with Gasteiger partial charge in [-0.05, 0) is 5.16 Å². The van der Waals surface area contributed by atoms with Crippen molar-refractivity contribution in [2.75, 3.05) is 0 Å². The van der Waals surface area contributed by atoms with Crippen LogP contribution in [0.5, 0.6) is 0 Å². The van der Waals surface area contributed by atoms with E-state index in [2.05, 4.69) is 15.9 Å². The third kappa shape index (κ3) is 3.23. The molecule has 4 nitrogen and oxygen atoms in total. The Morgan fingerprint density at radius 3 is 2.60 bits per heavy atom. The van der Waals surface area contributed by atoms with Crippen LogP contribution in [0.2, 0.25) is 0 Å². The summed E-state index contributed by atoms with van der Waals surface area (Å²) in [5.41, 5.74) is 4.56. The summed E-state index contributed by atoms with van der Waals surface area (Å²) in [6, 6.07) is 0. The van der Waals surface area contributed by atoms with Crippen molar-refractivity contribution in [3.63, 3.8) is 0 Å². The summed E-state index contributed by atoms with van der Waals surface area (Å²) in [7, 11) is 0. The molecule has 30 valence electrons. The molecule has 0 spiro atoms. The van der Waals surface area contributed by atoms with Gasteiger partial charge >= 0.3 is 0 Å². The second-order valence-electron chi connectivity index (χ2n) is 0.336. The molecule has 0 unspecified atom stereocenters. The zero-order chi connectivity index (χ0) is 4.12. The summed E-state index contributed by atoms with van der Waals surface area (Å²) in [5, 5.41) is 9.97. The largest absolute Gasteiger partial charge is 0.387 e. The van der Waals surface area contributed by atoms with Gasteiger partial charge in [0.2, 0.25) is 0 Å². The van der Waals surface area contributed by atoms with Crippen LogP contribution < -0.4 is 5.73 Å². The van der Waals surface area contributed by atoms with E-state index in [1.54, 1.807) is 0 Å². The summed E-state index contributed by atoms with van der Waals surface area (Å²) in [6.45, 7) is 0. The maximum absolute atomic E-state index is 7.29. The van der Waals surface area contributed by atoms with E-state index in [4.69, 9.17) is 5.26 Å². The first-order chi connectivity index (χ1) is 2.41. The Kier molecular flexibility index (Phi) is 2.73. The highest BCUT2D eigenvalue weighted by atomic mass is 17.2. The molecule has 0 fully saturated rings. The SMILES string of the molecule is NC=NOO. The Hall–Kier alpha value is -0.770. The van der Waals surface area contributed by atoms with E-state index in [9.17, 15) is 0 Å². The number of rotatable bonds is 1. The fourth-order valence-corrected chi connectivity index (χ4v) is 0.0272. The number of nitrogens with zero attached hydrogens (tertiary/aromatic N) is 1. The van der Waals surface area contributed by atoms with Gasteiger partial charge in [-0.2, -0.15) is 5.26 Å². The molecule has 0 aliphatic heterocycles. The molecule has 0 rings (SSSR count). The van der Waals surface area contributed by atoms with Gasteiger partial charge in [0, 0.05) is 0 Å². The minimum atomic E-state index is 0.833. The highest BCUT2D eigenvalue weighted by Gasteiger charge is 1.48. The molecule has 4 heteroatoms. The molecule has 0 aromatic carbocycles. The fourth-order valence-electron chi connectivity index (χ4n) is 0.0272. The Balaban J connectivity index is 2.62. The quantitative estimate of drug-likeness (QED) is 0.189. The second kappa shape index (κ2) is 3.23. The van der Waals surface area contributed by atoms with Crippen molar-refractivity contribution in [1.82, 2.24) is 0 Å². The van der Waals surface area contributed by atoms with E-state index in [1.807, 2.05) is 0 Å². The lowest BCUT2D eigenvalue weighted by atomic mass is 11.4. The zero-order valence-corrected chi connectivity index (χ0v) is 2.46. The van der Waals surface area contributed by atoms with Crippen LogP contribution in [0.3, 0.4) is 0 Å². The summed E-state index contributed by atoms with van der Waals surface area (Å²) in [5.74, 6) is 0. The summed E-state index contributed by atoms with van der Waals surface area (Å²) >= 11 is 0. The maximum atomic E-state index is 7.29. The van der Waals surface area contributed by atoms with Crippen molar-refractivity contribution < 1.29 is 10.2 Å². The van der Waals surface area contributed by atoms with Crippen molar-refractivity contribution in [3.05, 3.63) is 0 Å². The Morgan fingerprint density at radius 1 is 2.00 bits per heavy atom. The molecule has 3 N–H and O–H groups in total. The van der Waals surface area contributed by atoms with E-state index in [1.165, 1.54) is 0 Å². The van der Waals surface area contributed by atoms with Crippen molar-refractivity contribution >= 4 is 6.34 Å². The van der Waals surface area contributed by atoms with E-state index < -0.39 is 0 Å². The number of oxime groups is 1. The fraction of sp³-hybridized carbons (Fsp3) is 0. The lowest BCUT2D eigenvalue weighted by Crippen LogP contribution is -1.87. The molecule has 0 aromatic rings. The van der Waals surface area contributed by atoms with Crippen molar-refractivity contribution in [2.24, 2.45) is 10.9 Å². The molecule has 0 amide bonds. The number of nitrogens with two attached hydrogens (primary N) is 1. The van der Waals surface area contributed by atoms with Crippen LogP contribution >= 0.6 is 0 Å². The first-order valence-corrected chi connectivity index (χ1v) is 0.957. The zero-order valence-electron chi connectivity index (χ0n) is 2.46. The molecule has 0 heterocycles. The topological polar surface area (TPSA) is 67.8 Å². The molecule has 0 aliphatic rings. The smallest absolute Gasteiger partial charge is 0.129 e. The molecule has 0 atom stereocenters. The van der Waals surface area contributed by atoms with Crippen LogP contribution in [0, 0.1) is 0 Å². The van der Waals surface area contributed by atoms with Crippen LogP contribution in [-0.4, -0.2) is 11.6 Å². The average Bonchev–Trinajstić information content (AvgIpc) is 1.41. The predicted molar refractivity (Wildman–Crippen MR) is 16.4 cm³/mol. The van der Waals surface area contributed by atoms with Gasteiger partial charge in [0.25, 0.3) is 0 Å². The Labute approximate surface area is 28.8 Å². The minimum Gasteiger partial charge on any atom is -0.387 e. The lowest BCUT2D eigenvalue weighted by molar-refractivity contribution is -0.242. The molecule has 0 aromatic heterocycles. The highest BCUT2D eigenvalue weighted by Crippen LogP contribution is 1.52. The van der Waals surface area contributed by atoms with E-state index in [-0.39, 0.29) is 0 Å². The standard InChI is InChI=1S/CH4N2O2/c2-1-3-5-4/h1,4H,(H2,2,3). The number of hydrogen-bond acceptors (Lipinski definition) is 3. The Morgan fingerprint density at radius 2 is 2.60 bits per heavy atom. The van der Waals surface area contributed by atoms with E-state index >= 15 is 0 Å². The highest BCUT2D eigenvalue weighted by molar-refractivity contribution is 5.49. The molecule has 0 radical (unpaired) electrons. The van der Waals surface area contributed by atoms with E-state index in [0.717, 1.165) is 6.34 Å². The van der Waals surface area contributed by atoms with Gasteiger partial charge < -0.3 is 5.73 Å². The van der Waals surface area contributed by atoms with Gasteiger partial charge in [-0.1, -0.05) is 0 Å². The van der Waals surface area contributed by atoms with Gasteiger partial charge in [-0.3, -0.25) is 0 Å². The molecule has 0 saturated carbocycles. The molecule has 0 bridgehead atoms. The molecule has 5 heavy (non-hydrogen) atoms. The van der Waals surface area contributed by atoms with Crippen LogP contribution in [0.15, 0.2) is 5.16 Å². The third-order valence-corrected chi connectivity index (χ3v) is 0.108. The number of hydrogen-bond donors (Lipinski definition) is 2. The van der Waals surface area contributed by atoms with Crippen LogP contribution in [0.1, 0.15) is 0 Å². The maximum Gasteiger partial charge on any atom is 0.129 e. The van der Waals surface area contributed by atoms with Crippen LogP contribution in [0.4, 0.5) is 0 Å². The average molecular weight is 76.1 g/mol. The van der Waals surface area contributed by atoms with Gasteiger partial charge in [0.05, 0.1) is 0 Å². The van der Waals surface area contributed by atoms with Gasteiger partial charge in [-0.15, -0.1) is 0 Å². The summed E-state index contributed by atoms with van der Waals surface area (Å²) < 4.78 is 0. The molecule has 0 saturated heterocycles. The second-order valence-corrected chi connectivity index (χ2v) is 0.336. The first kappa shape index (κ1) is 4.23. The van der Waals surface area contributed by atoms with Gasteiger partial charge in [-0.25, -0.2) is 4.99 Å². The Bertz CT molecular complexity index is 34.6. The van der Waals surface area contributed by atoms with Gasteiger partial charge in [0.1, 0.15) is 6.34 Å². The molecular weight excluding hydrogens is 72.0 g/mol. The van der Waals surface area contributed by atoms with Crippen molar-refractivity contribution in [3.8, 4) is 0 Å². The van der Waals surface area contributed by atoms with Crippen molar-refractivity contribution in [1.29, 1.82) is 0 Å². The first-order valence-electron chi connectivity index (χ1n) is 0.957. The molecular formula is CH4N2O2.